The van der Waals surface area contributed by atoms with E-state index in [0.717, 1.165) is 52.1 Å². The van der Waals surface area contributed by atoms with Crippen LogP contribution in [0.3, 0.4) is 0 Å². The number of aliphatic carboxylic acids is 1. The van der Waals surface area contributed by atoms with Crippen LogP contribution >= 0.6 is 0 Å². The molecule has 0 aliphatic carbocycles. The van der Waals surface area contributed by atoms with Crippen molar-refractivity contribution in [1.82, 2.24) is 20.9 Å². The van der Waals surface area contributed by atoms with Gasteiger partial charge in [-0.05, 0) is 53.1 Å². The average Bonchev–Trinajstić information content (AvgIpc) is 2.33. The van der Waals surface area contributed by atoms with Crippen molar-refractivity contribution in [1.29, 1.82) is 0 Å². The van der Waals surface area contributed by atoms with Crippen molar-refractivity contribution in [3.63, 3.8) is 0 Å². The molecule has 18 heavy (non-hydrogen) atoms. The summed E-state index contributed by atoms with van der Waals surface area (Å²) in [6, 6.07) is 0. The SMILES string of the molecule is CNCCCNCCN(CCCNC)CC(=O)O. The van der Waals surface area contributed by atoms with E-state index >= 15 is 0 Å². The van der Waals surface area contributed by atoms with Crippen LogP contribution in [0.5, 0.6) is 0 Å². The summed E-state index contributed by atoms with van der Waals surface area (Å²) in [6.07, 6.45) is 2.07. The number of carboxylic acid groups (broad SMARTS) is 1. The molecule has 0 aromatic rings. The highest BCUT2D eigenvalue weighted by Crippen LogP contribution is 1.90. The summed E-state index contributed by atoms with van der Waals surface area (Å²) in [4.78, 5) is 12.7. The predicted octanol–water partition coefficient (Wildman–Crippen LogP) is -0.818. The van der Waals surface area contributed by atoms with E-state index in [4.69, 9.17) is 5.11 Å². The zero-order valence-electron chi connectivity index (χ0n) is 11.7. The molecule has 6 heteroatoms. The molecule has 0 aromatic heterocycles. The molecule has 0 aromatic carbocycles. The first kappa shape index (κ1) is 17.3. The van der Waals surface area contributed by atoms with Crippen LogP contribution < -0.4 is 16.0 Å². The van der Waals surface area contributed by atoms with Gasteiger partial charge in [-0.1, -0.05) is 0 Å². The van der Waals surface area contributed by atoms with Gasteiger partial charge < -0.3 is 21.1 Å². The van der Waals surface area contributed by atoms with Gasteiger partial charge >= 0.3 is 5.97 Å². The standard InChI is InChI=1S/C12H28N4O2/c1-13-5-3-7-15-8-10-16(11-12(17)18)9-4-6-14-2/h13-15H,3-11H2,1-2H3,(H,17,18). The summed E-state index contributed by atoms with van der Waals surface area (Å²) in [6.45, 7) is 5.48. The summed E-state index contributed by atoms with van der Waals surface area (Å²) in [7, 11) is 3.85. The Morgan fingerprint density at radius 1 is 1.00 bits per heavy atom. The highest BCUT2D eigenvalue weighted by atomic mass is 16.4. The summed E-state index contributed by atoms with van der Waals surface area (Å²) in [5, 5.41) is 18.3. The highest BCUT2D eigenvalue weighted by Gasteiger charge is 2.08. The Morgan fingerprint density at radius 2 is 1.67 bits per heavy atom. The molecule has 0 spiro atoms. The van der Waals surface area contributed by atoms with E-state index in [9.17, 15) is 4.79 Å². The van der Waals surface area contributed by atoms with Crippen molar-refractivity contribution >= 4 is 5.97 Å². The number of nitrogens with one attached hydrogen (secondary N) is 3. The van der Waals surface area contributed by atoms with Crippen molar-refractivity contribution in [2.75, 3.05) is 59.9 Å². The maximum absolute atomic E-state index is 10.7. The van der Waals surface area contributed by atoms with Crippen LogP contribution in [0, 0.1) is 0 Å². The number of nitrogens with zero attached hydrogens (tertiary/aromatic N) is 1. The van der Waals surface area contributed by atoms with Gasteiger partial charge in [0, 0.05) is 13.1 Å². The van der Waals surface area contributed by atoms with E-state index < -0.39 is 5.97 Å². The van der Waals surface area contributed by atoms with Crippen molar-refractivity contribution in [2.45, 2.75) is 12.8 Å². The number of carboxylic acids is 1. The van der Waals surface area contributed by atoms with Crippen LogP contribution in [0.1, 0.15) is 12.8 Å². The van der Waals surface area contributed by atoms with Crippen LogP contribution in [-0.4, -0.2) is 75.9 Å². The normalized spacial score (nSPS) is 11.1. The van der Waals surface area contributed by atoms with Gasteiger partial charge in [0.2, 0.25) is 0 Å². The molecule has 0 amide bonds. The molecule has 0 atom stereocenters. The summed E-state index contributed by atoms with van der Waals surface area (Å²) in [5.74, 6) is -0.755. The van der Waals surface area contributed by atoms with Crippen LogP contribution in [0.4, 0.5) is 0 Å². The molecule has 0 rings (SSSR count). The third kappa shape index (κ3) is 11.8. The summed E-state index contributed by atoms with van der Waals surface area (Å²) >= 11 is 0. The molecule has 0 bridgehead atoms. The first-order valence-corrected chi connectivity index (χ1v) is 6.64. The number of carbonyl (C=O) groups is 1. The lowest BCUT2D eigenvalue weighted by Gasteiger charge is -2.20. The minimum atomic E-state index is -0.755. The second-order valence-electron chi connectivity index (χ2n) is 4.33. The topological polar surface area (TPSA) is 76.6 Å². The third-order valence-electron chi connectivity index (χ3n) is 2.65. The Morgan fingerprint density at radius 3 is 2.28 bits per heavy atom. The van der Waals surface area contributed by atoms with E-state index in [1.165, 1.54) is 0 Å². The van der Waals surface area contributed by atoms with Crippen LogP contribution in [0.15, 0.2) is 0 Å². The van der Waals surface area contributed by atoms with E-state index in [1.807, 2.05) is 19.0 Å². The molecule has 6 nitrogen and oxygen atoms in total. The lowest BCUT2D eigenvalue weighted by molar-refractivity contribution is -0.138. The number of rotatable bonds is 13. The fourth-order valence-corrected chi connectivity index (χ4v) is 1.69. The fourth-order valence-electron chi connectivity index (χ4n) is 1.69. The molecule has 0 aliphatic rings. The molecular weight excluding hydrogens is 232 g/mol. The Kier molecular flexibility index (Phi) is 12.3. The minimum Gasteiger partial charge on any atom is -0.480 e. The zero-order valence-corrected chi connectivity index (χ0v) is 11.7. The van der Waals surface area contributed by atoms with E-state index in [-0.39, 0.29) is 6.54 Å². The van der Waals surface area contributed by atoms with Crippen molar-refractivity contribution in [3.05, 3.63) is 0 Å². The second kappa shape index (κ2) is 12.8. The molecule has 0 saturated heterocycles. The van der Waals surface area contributed by atoms with Crippen molar-refractivity contribution in [3.8, 4) is 0 Å². The lowest BCUT2D eigenvalue weighted by atomic mass is 10.3. The Balaban J connectivity index is 3.61. The van der Waals surface area contributed by atoms with Gasteiger partial charge in [0.1, 0.15) is 0 Å². The Bertz CT molecular complexity index is 203. The minimum absolute atomic E-state index is 0.127. The van der Waals surface area contributed by atoms with Gasteiger partial charge in [0.25, 0.3) is 0 Å². The van der Waals surface area contributed by atoms with Gasteiger partial charge in [0.05, 0.1) is 6.54 Å². The summed E-state index contributed by atoms with van der Waals surface area (Å²) < 4.78 is 0. The van der Waals surface area contributed by atoms with E-state index in [2.05, 4.69) is 16.0 Å². The third-order valence-corrected chi connectivity index (χ3v) is 2.65. The van der Waals surface area contributed by atoms with Gasteiger partial charge in [-0.3, -0.25) is 9.69 Å². The first-order valence-electron chi connectivity index (χ1n) is 6.64. The lowest BCUT2D eigenvalue weighted by Crippen LogP contribution is -2.37. The average molecular weight is 260 g/mol. The zero-order chi connectivity index (χ0) is 13.6. The van der Waals surface area contributed by atoms with Crippen molar-refractivity contribution in [2.24, 2.45) is 0 Å². The Labute approximate surface area is 110 Å². The highest BCUT2D eigenvalue weighted by molar-refractivity contribution is 5.69. The number of hydrogen-bond donors (Lipinski definition) is 4. The van der Waals surface area contributed by atoms with Gasteiger partial charge in [-0.25, -0.2) is 0 Å². The number of hydrogen-bond acceptors (Lipinski definition) is 5. The largest absolute Gasteiger partial charge is 0.480 e. The fraction of sp³-hybridized carbons (Fsp3) is 0.917. The Hall–Kier alpha value is -0.690. The second-order valence-corrected chi connectivity index (χ2v) is 4.33. The molecule has 4 N–H and O–H groups in total. The maximum Gasteiger partial charge on any atom is 0.317 e. The molecule has 0 radical (unpaired) electrons. The van der Waals surface area contributed by atoms with Crippen LogP contribution in [0.2, 0.25) is 0 Å². The quantitative estimate of drug-likeness (QED) is 0.324. The van der Waals surface area contributed by atoms with Crippen molar-refractivity contribution < 1.29 is 9.90 Å². The van der Waals surface area contributed by atoms with Gasteiger partial charge in [-0.2, -0.15) is 0 Å². The van der Waals surface area contributed by atoms with Gasteiger partial charge in [-0.15, -0.1) is 0 Å². The maximum atomic E-state index is 10.7. The van der Waals surface area contributed by atoms with E-state index in [1.54, 1.807) is 0 Å². The molecule has 0 heterocycles. The predicted molar refractivity (Wildman–Crippen MR) is 74.0 cm³/mol. The first-order chi connectivity index (χ1) is 8.70. The summed E-state index contributed by atoms with van der Waals surface area (Å²) in [5.41, 5.74) is 0. The molecular formula is C12H28N4O2. The molecule has 108 valence electrons. The molecule has 0 fully saturated rings. The van der Waals surface area contributed by atoms with Crippen LogP contribution in [-0.2, 0) is 4.79 Å². The monoisotopic (exact) mass is 260 g/mol. The molecule has 0 saturated carbocycles. The molecule has 0 aliphatic heterocycles. The van der Waals surface area contributed by atoms with E-state index in [0.29, 0.717) is 0 Å². The molecule has 0 unspecified atom stereocenters. The van der Waals surface area contributed by atoms with Crippen LogP contribution in [0.25, 0.3) is 0 Å². The van der Waals surface area contributed by atoms with Gasteiger partial charge in [0.15, 0.2) is 0 Å². The smallest absolute Gasteiger partial charge is 0.317 e.